The number of nitrogens with one attached hydrogen (secondary N) is 1. The molecule has 0 amide bonds. The van der Waals surface area contributed by atoms with Crippen LogP contribution in [0.25, 0.3) is 0 Å². The zero-order valence-corrected chi connectivity index (χ0v) is 10.5. The zero-order valence-electron chi connectivity index (χ0n) is 9.08. The van der Waals surface area contributed by atoms with Crippen LogP contribution >= 0.6 is 0 Å². The van der Waals surface area contributed by atoms with E-state index in [4.69, 9.17) is 9.53 Å². The summed E-state index contributed by atoms with van der Waals surface area (Å²) in [5.41, 5.74) is 0. The fourth-order valence-corrected chi connectivity index (χ4v) is 2.08. The Labute approximate surface area is 88.0 Å². The van der Waals surface area contributed by atoms with Gasteiger partial charge in [0.15, 0.2) is 9.76 Å². The largest absolute Gasteiger partial charge is 0.481 e. The minimum Gasteiger partial charge on any atom is -0.481 e. The predicted octanol–water partition coefficient (Wildman–Crippen LogP) is 0.368. The summed E-state index contributed by atoms with van der Waals surface area (Å²) in [4.78, 5) is 10.2. The van der Waals surface area contributed by atoms with Crippen LogP contribution in [0, 0.1) is 0 Å². The van der Waals surface area contributed by atoms with Crippen molar-refractivity contribution in [2.24, 2.45) is 0 Å². The molecular weight excluding hydrogens is 198 g/mol. The molecular formula is C9H21NO3Si. The van der Waals surface area contributed by atoms with Crippen molar-refractivity contribution in [3.8, 4) is 0 Å². The van der Waals surface area contributed by atoms with Crippen LogP contribution in [-0.2, 0) is 9.22 Å². The van der Waals surface area contributed by atoms with E-state index in [0.29, 0.717) is 12.6 Å². The predicted molar refractivity (Wildman–Crippen MR) is 59.3 cm³/mol. The average Bonchev–Trinajstić information content (AvgIpc) is 2.08. The van der Waals surface area contributed by atoms with E-state index in [0.717, 1.165) is 19.0 Å². The van der Waals surface area contributed by atoms with Crippen molar-refractivity contribution in [1.29, 1.82) is 0 Å². The fourth-order valence-electron chi connectivity index (χ4n) is 0.991. The van der Waals surface area contributed by atoms with Crippen LogP contribution < -0.4 is 5.32 Å². The second-order valence-electron chi connectivity index (χ2n) is 3.52. The molecule has 0 aromatic rings. The Morgan fingerprint density at radius 2 is 2.21 bits per heavy atom. The molecule has 84 valence electrons. The van der Waals surface area contributed by atoms with Crippen molar-refractivity contribution in [2.75, 3.05) is 13.1 Å². The number of carboxylic acids is 1. The number of rotatable bonds is 9. The van der Waals surface area contributed by atoms with E-state index in [-0.39, 0.29) is 16.2 Å². The lowest BCUT2D eigenvalue weighted by Crippen LogP contribution is -2.19. The quantitative estimate of drug-likeness (QED) is 0.434. The van der Waals surface area contributed by atoms with Gasteiger partial charge < -0.3 is 14.8 Å². The van der Waals surface area contributed by atoms with Gasteiger partial charge in [0.25, 0.3) is 0 Å². The number of carbonyl (C=O) groups is 1. The second kappa shape index (κ2) is 9.17. The maximum absolute atomic E-state index is 10.2. The van der Waals surface area contributed by atoms with Gasteiger partial charge in [-0.1, -0.05) is 0 Å². The van der Waals surface area contributed by atoms with Gasteiger partial charge >= 0.3 is 5.97 Å². The smallest absolute Gasteiger partial charge is 0.304 e. The maximum Gasteiger partial charge on any atom is 0.304 e. The number of hydrogen-bond acceptors (Lipinski definition) is 3. The van der Waals surface area contributed by atoms with E-state index in [1.165, 1.54) is 0 Å². The molecule has 0 unspecified atom stereocenters. The van der Waals surface area contributed by atoms with E-state index in [1.807, 2.05) is 0 Å². The third-order valence-corrected chi connectivity index (χ3v) is 3.41. The van der Waals surface area contributed by atoms with E-state index >= 15 is 0 Å². The highest BCUT2D eigenvalue weighted by molar-refractivity contribution is 6.27. The molecule has 0 radical (unpaired) electrons. The lowest BCUT2D eigenvalue weighted by atomic mass is 10.4. The van der Waals surface area contributed by atoms with E-state index in [1.54, 1.807) is 0 Å². The molecule has 0 heterocycles. The Morgan fingerprint density at radius 1 is 1.50 bits per heavy atom. The minimum atomic E-state index is -0.741. The first-order valence-electron chi connectivity index (χ1n) is 5.17. The van der Waals surface area contributed by atoms with Crippen molar-refractivity contribution < 1.29 is 14.3 Å². The number of carboxylic acid groups (broad SMARTS) is 1. The molecule has 0 aromatic carbocycles. The van der Waals surface area contributed by atoms with Crippen LogP contribution in [0.15, 0.2) is 0 Å². The van der Waals surface area contributed by atoms with Crippen molar-refractivity contribution >= 4 is 15.7 Å². The Kier molecular flexibility index (Phi) is 8.92. The van der Waals surface area contributed by atoms with Gasteiger partial charge in [-0.05, 0) is 32.9 Å². The summed E-state index contributed by atoms with van der Waals surface area (Å²) in [6.07, 6.45) is 1.67. The van der Waals surface area contributed by atoms with Crippen molar-refractivity contribution in [1.82, 2.24) is 5.32 Å². The lowest BCUT2D eigenvalue weighted by Gasteiger charge is -2.06. The summed E-state index contributed by atoms with van der Waals surface area (Å²) < 4.78 is 5.50. The minimum absolute atomic E-state index is 0.208. The molecule has 0 aromatic heterocycles. The van der Waals surface area contributed by atoms with Gasteiger partial charge in [0, 0.05) is 12.6 Å². The standard InChI is InChI=1S/C9H21NO3Si/c1-8(2)13-14-7-3-5-10-6-4-9(11)12/h8,10H,3-7,14H2,1-2H3,(H,11,12). The van der Waals surface area contributed by atoms with Crippen LogP contribution in [0.1, 0.15) is 26.7 Å². The van der Waals surface area contributed by atoms with Crippen molar-refractivity contribution in [3.63, 3.8) is 0 Å². The highest BCUT2D eigenvalue weighted by atomic mass is 28.2. The number of aliphatic carboxylic acids is 1. The molecule has 14 heavy (non-hydrogen) atoms. The topological polar surface area (TPSA) is 58.6 Å². The molecule has 0 atom stereocenters. The molecule has 0 rings (SSSR count). The maximum atomic E-state index is 10.2. The van der Waals surface area contributed by atoms with Gasteiger partial charge in [-0.15, -0.1) is 0 Å². The molecule has 2 N–H and O–H groups in total. The third kappa shape index (κ3) is 11.6. The summed E-state index contributed by atoms with van der Waals surface area (Å²) in [5.74, 6) is -0.741. The van der Waals surface area contributed by atoms with Crippen LogP contribution in [0.5, 0.6) is 0 Å². The molecule has 5 heteroatoms. The molecule has 0 spiro atoms. The summed E-state index contributed by atoms with van der Waals surface area (Å²) in [5, 5.41) is 11.5. The fraction of sp³-hybridized carbons (Fsp3) is 0.889. The zero-order chi connectivity index (χ0) is 10.8. The normalized spacial score (nSPS) is 11.6. The highest BCUT2D eigenvalue weighted by Crippen LogP contribution is 1.92. The Hall–Kier alpha value is -0.393. The Balaban J connectivity index is 2.96. The monoisotopic (exact) mass is 219 g/mol. The summed E-state index contributed by atoms with van der Waals surface area (Å²) >= 11 is 0. The molecule has 0 aliphatic heterocycles. The molecule has 4 nitrogen and oxygen atoms in total. The molecule has 0 fully saturated rings. The first-order chi connectivity index (χ1) is 6.63. The van der Waals surface area contributed by atoms with E-state index < -0.39 is 5.97 Å². The van der Waals surface area contributed by atoms with Gasteiger partial charge in [0.1, 0.15) is 0 Å². The van der Waals surface area contributed by atoms with Crippen LogP contribution in [0.3, 0.4) is 0 Å². The number of hydrogen-bond donors (Lipinski definition) is 2. The summed E-state index contributed by atoms with van der Waals surface area (Å²) in [6, 6.07) is 1.16. The van der Waals surface area contributed by atoms with E-state index in [9.17, 15) is 4.79 Å². The van der Waals surface area contributed by atoms with Gasteiger partial charge in [0.05, 0.1) is 6.42 Å². The van der Waals surface area contributed by atoms with Crippen molar-refractivity contribution in [2.45, 2.75) is 38.8 Å². The van der Waals surface area contributed by atoms with Gasteiger partial charge in [-0.2, -0.15) is 0 Å². The second-order valence-corrected chi connectivity index (χ2v) is 4.97. The Bertz CT molecular complexity index is 153. The first kappa shape index (κ1) is 13.6. The lowest BCUT2D eigenvalue weighted by molar-refractivity contribution is -0.136. The SMILES string of the molecule is CC(C)O[SiH2]CCCNCCC(=O)O. The van der Waals surface area contributed by atoms with Crippen molar-refractivity contribution in [3.05, 3.63) is 0 Å². The van der Waals surface area contributed by atoms with Crippen LogP contribution in [0.4, 0.5) is 0 Å². The van der Waals surface area contributed by atoms with E-state index in [2.05, 4.69) is 19.2 Å². The Morgan fingerprint density at radius 3 is 2.79 bits per heavy atom. The summed E-state index contributed by atoms with van der Waals surface area (Å²) in [6.45, 7) is 5.58. The third-order valence-electron chi connectivity index (χ3n) is 1.71. The molecule has 0 saturated heterocycles. The van der Waals surface area contributed by atoms with Crippen LogP contribution in [-0.4, -0.2) is 40.0 Å². The van der Waals surface area contributed by atoms with Gasteiger partial charge in [-0.25, -0.2) is 0 Å². The molecule has 0 aliphatic carbocycles. The average molecular weight is 219 g/mol. The molecule has 0 bridgehead atoms. The molecule has 0 saturated carbocycles. The van der Waals surface area contributed by atoms with Gasteiger partial charge in [-0.3, -0.25) is 4.79 Å². The van der Waals surface area contributed by atoms with Gasteiger partial charge in [0.2, 0.25) is 0 Å². The van der Waals surface area contributed by atoms with Crippen LogP contribution in [0.2, 0.25) is 6.04 Å². The summed E-state index contributed by atoms with van der Waals surface area (Å²) in [7, 11) is -0.342. The first-order valence-corrected chi connectivity index (χ1v) is 6.74. The molecule has 0 aliphatic rings. The highest BCUT2D eigenvalue weighted by Gasteiger charge is 1.96.